The van der Waals surface area contributed by atoms with Gasteiger partial charge in [0, 0.05) is 0 Å². The molecule has 0 unspecified atom stereocenters. The van der Waals surface area contributed by atoms with Crippen molar-refractivity contribution < 1.29 is 0 Å². The van der Waals surface area contributed by atoms with Gasteiger partial charge in [0.1, 0.15) is 0 Å². The summed E-state index contributed by atoms with van der Waals surface area (Å²) < 4.78 is 0. The van der Waals surface area contributed by atoms with Crippen molar-refractivity contribution in [1.82, 2.24) is 0 Å². The Morgan fingerprint density at radius 1 is 0.636 bits per heavy atom. The summed E-state index contributed by atoms with van der Waals surface area (Å²) in [5.41, 5.74) is 12.7. The van der Waals surface area contributed by atoms with E-state index in [1.54, 1.807) is 0 Å². The molecule has 0 heterocycles. The fraction of sp³-hybridized carbons (Fsp3) is 0.152. The van der Waals surface area contributed by atoms with Gasteiger partial charge in [-0.3, -0.25) is 0 Å². The second-order valence-corrected chi connectivity index (χ2v) is 9.15. The van der Waals surface area contributed by atoms with Gasteiger partial charge in [-0.05, 0) is 80.1 Å². The standard InChI is InChI=1S/C33H28/c1-2-3-12-24-19-20-29(23-13-6-4-7-14-23)33-30(24)22-27-21-26-17-10-11-18-28(26)31(32(27)33)25-15-8-5-9-16-25/h4-11,13-21H,2-3,12,22H2,1H3. The summed E-state index contributed by atoms with van der Waals surface area (Å²) in [6.45, 7) is 2.29. The van der Waals surface area contributed by atoms with Crippen LogP contribution in [0.1, 0.15) is 36.5 Å². The molecule has 160 valence electrons. The SMILES string of the molecule is CCCCc1ccc(-c2ccccc2)c2c1Cc1cc3ccccc3c(-c3ccccc3)c1-2. The number of unbranched alkanes of at least 4 members (excludes halogenated alkanes) is 1. The first-order chi connectivity index (χ1) is 16.3. The molecule has 0 radical (unpaired) electrons. The van der Waals surface area contributed by atoms with Crippen molar-refractivity contribution in [2.45, 2.75) is 32.6 Å². The van der Waals surface area contributed by atoms with Gasteiger partial charge in [0.2, 0.25) is 0 Å². The quantitative estimate of drug-likeness (QED) is 0.259. The van der Waals surface area contributed by atoms with Crippen LogP contribution in [-0.4, -0.2) is 0 Å². The molecule has 0 heteroatoms. The van der Waals surface area contributed by atoms with Crippen LogP contribution in [0.2, 0.25) is 0 Å². The molecule has 0 saturated carbocycles. The van der Waals surface area contributed by atoms with Gasteiger partial charge in [-0.25, -0.2) is 0 Å². The van der Waals surface area contributed by atoms with Gasteiger partial charge in [-0.1, -0.05) is 116 Å². The molecule has 0 amide bonds. The Kier molecular flexibility index (Phi) is 5.07. The predicted molar refractivity (Wildman–Crippen MR) is 142 cm³/mol. The fourth-order valence-electron chi connectivity index (χ4n) is 5.56. The first kappa shape index (κ1) is 20.0. The van der Waals surface area contributed by atoms with Crippen molar-refractivity contribution in [2.24, 2.45) is 0 Å². The van der Waals surface area contributed by atoms with Crippen LogP contribution in [0, 0.1) is 0 Å². The number of fused-ring (bicyclic) bond motifs is 4. The van der Waals surface area contributed by atoms with Crippen LogP contribution < -0.4 is 0 Å². The normalized spacial score (nSPS) is 12.0. The van der Waals surface area contributed by atoms with E-state index < -0.39 is 0 Å². The average molecular weight is 425 g/mol. The number of benzene rings is 5. The number of rotatable bonds is 5. The smallest absolute Gasteiger partial charge is 0.00100 e. The van der Waals surface area contributed by atoms with E-state index >= 15 is 0 Å². The topological polar surface area (TPSA) is 0 Å². The largest absolute Gasteiger partial charge is 0.0654 e. The van der Waals surface area contributed by atoms with Crippen LogP contribution in [-0.2, 0) is 12.8 Å². The van der Waals surface area contributed by atoms with Gasteiger partial charge >= 0.3 is 0 Å². The van der Waals surface area contributed by atoms with Crippen LogP contribution >= 0.6 is 0 Å². The molecule has 0 bridgehead atoms. The Bertz CT molecular complexity index is 1440. The molecule has 0 saturated heterocycles. The minimum atomic E-state index is 1.02. The predicted octanol–water partition coefficient (Wildman–Crippen LogP) is 9.09. The molecule has 0 N–H and O–H groups in total. The third-order valence-corrected chi connectivity index (χ3v) is 7.11. The maximum atomic E-state index is 2.44. The van der Waals surface area contributed by atoms with E-state index in [-0.39, 0.29) is 0 Å². The van der Waals surface area contributed by atoms with E-state index in [4.69, 9.17) is 0 Å². The van der Waals surface area contributed by atoms with E-state index in [0.29, 0.717) is 0 Å². The minimum Gasteiger partial charge on any atom is -0.0654 e. The Hall–Kier alpha value is -3.64. The van der Waals surface area contributed by atoms with Crippen molar-refractivity contribution in [3.8, 4) is 33.4 Å². The van der Waals surface area contributed by atoms with Crippen LogP contribution in [0.4, 0.5) is 0 Å². The molecule has 1 aliphatic rings. The fourth-order valence-corrected chi connectivity index (χ4v) is 5.56. The highest BCUT2D eigenvalue weighted by Crippen LogP contribution is 2.51. The lowest BCUT2D eigenvalue weighted by molar-refractivity contribution is 0.790. The number of aryl methyl sites for hydroxylation is 1. The first-order valence-electron chi connectivity index (χ1n) is 12.2. The minimum absolute atomic E-state index is 1.02. The first-order valence-corrected chi connectivity index (χ1v) is 12.2. The molecule has 1 aliphatic carbocycles. The zero-order chi connectivity index (χ0) is 22.2. The Balaban J connectivity index is 1.72. The van der Waals surface area contributed by atoms with Gasteiger partial charge in [0.05, 0.1) is 0 Å². The van der Waals surface area contributed by atoms with E-state index in [0.717, 1.165) is 12.8 Å². The third-order valence-electron chi connectivity index (χ3n) is 7.11. The molecular formula is C33H28. The maximum Gasteiger partial charge on any atom is -0.00100 e. The lowest BCUT2D eigenvalue weighted by Crippen LogP contribution is -1.95. The molecule has 0 atom stereocenters. The Labute approximate surface area is 196 Å². The van der Waals surface area contributed by atoms with Crippen LogP contribution in [0.3, 0.4) is 0 Å². The van der Waals surface area contributed by atoms with Crippen molar-refractivity contribution in [3.05, 3.63) is 120 Å². The van der Waals surface area contributed by atoms with E-state index in [9.17, 15) is 0 Å². The van der Waals surface area contributed by atoms with Crippen LogP contribution in [0.25, 0.3) is 44.2 Å². The lowest BCUT2D eigenvalue weighted by Gasteiger charge is -2.18. The highest BCUT2D eigenvalue weighted by Gasteiger charge is 2.28. The van der Waals surface area contributed by atoms with Crippen molar-refractivity contribution >= 4 is 10.8 Å². The summed E-state index contributed by atoms with van der Waals surface area (Å²) in [7, 11) is 0. The zero-order valence-corrected chi connectivity index (χ0v) is 19.1. The summed E-state index contributed by atoms with van der Waals surface area (Å²) in [6.07, 6.45) is 4.64. The molecule has 33 heavy (non-hydrogen) atoms. The number of hydrogen-bond donors (Lipinski definition) is 0. The average Bonchev–Trinajstić information content (AvgIpc) is 3.26. The van der Waals surface area contributed by atoms with E-state index in [1.807, 2.05) is 0 Å². The van der Waals surface area contributed by atoms with Crippen molar-refractivity contribution in [1.29, 1.82) is 0 Å². The van der Waals surface area contributed by atoms with Gasteiger partial charge in [0.25, 0.3) is 0 Å². The molecule has 5 aromatic rings. The maximum absolute atomic E-state index is 2.44. The van der Waals surface area contributed by atoms with Crippen LogP contribution in [0.5, 0.6) is 0 Å². The summed E-state index contributed by atoms with van der Waals surface area (Å²) >= 11 is 0. The molecule has 5 aromatic carbocycles. The van der Waals surface area contributed by atoms with Gasteiger partial charge < -0.3 is 0 Å². The Morgan fingerprint density at radius 2 is 1.33 bits per heavy atom. The summed E-state index contributed by atoms with van der Waals surface area (Å²) in [5, 5.41) is 2.67. The van der Waals surface area contributed by atoms with E-state index in [2.05, 4.69) is 110 Å². The summed E-state index contributed by atoms with van der Waals surface area (Å²) in [4.78, 5) is 0. The monoisotopic (exact) mass is 424 g/mol. The van der Waals surface area contributed by atoms with E-state index in [1.165, 1.54) is 73.7 Å². The highest BCUT2D eigenvalue weighted by atomic mass is 14.3. The molecule has 0 aromatic heterocycles. The second-order valence-electron chi connectivity index (χ2n) is 9.15. The van der Waals surface area contributed by atoms with Gasteiger partial charge in [-0.15, -0.1) is 0 Å². The molecular weight excluding hydrogens is 396 g/mol. The Morgan fingerprint density at radius 3 is 2.09 bits per heavy atom. The molecule has 0 fully saturated rings. The highest BCUT2D eigenvalue weighted by molar-refractivity contribution is 6.09. The molecule has 0 nitrogen and oxygen atoms in total. The molecule has 0 spiro atoms. The molecule has 0 aliphatic heterocycles. The molecule has 6 rings (SSSR count). The summed E-state index contributed by atoms with van der Waals surface area (Å²) in [5.74, 6) is 0. The lowest BCUT2D eigenvalue weighted by atomic mass is 9.85. The van der Waals surface area contributed by atoms with Crippen LogP contribution in [0.15, 0.2) is 103 Å². The van der Waals surface area contributed by atoms with Gasteiger partial charge in [-0.2, -0.15) is 0 Å². The number of hydrogen-bond acceptors (Lipinski definition) is 0. The second kappa shape index (κ2) is 8.37. The van der Waals surface area contributed by atoms with Crippen molar-refractivity contribution in [2.75, 3.05) is 0 Å². The summed E-state index contributed by atoms with van der Waals surface area (Å²) in [6, 6.07) is 38.0. The zero-order valence-electron chi connectivity index (χ0n) is 19.1. The van der Waals surface area contributed by atoms with Crippen molar-refractivity contribution in [3.63, 3.8) is 0 Å². The third kappa shape index (κ3) is 3.38. The van der Waals surface area contributed by atoms with Gasteiger partial charge in [0.15, 0.2) is 0 Å².